The maximum atomic E-state index is 12.7. The molecule has 3 aromatic rings. The molecular formula is C23H24Cl2N4OS. The number of anilines is 1. The highest BCUT2D eigenvalue weighted by molar-refractivity contribution is 7.09. The van der Waals surface area contributed by atoms with Crippen LogP contribution in [-0.2, 0) is 17.6 Å². The molecule has 1 unspecified atom stereocenters. The SMILES string of the molecule is O=C(NCCc1ccc(Cl)cc1Cl)C1CCCN(c2nc(Cc3ccccc3)ns2)C1. The van der Waals surface area contributed by atoms with Crippen LogP contribution in [0.2, 0.25) is 10.0 Å². The van der Waals surface area contributed by atoms with E-state index in [0.29, 0.717) is 29.6 Å². The van der Waals surface area contributed by atoms with Crippen molar-refractivity contribution >= 4 is 45.8 Å². The topological polar surface area (TPSA) is 58.1 Å². The summed E-state index contributed by atoms with van der Waals surface area (Å²) in [7, 11) is 0. The molecule has 0 saturated carbocycles. The highest BCUT2D eigenvalue weighted by atomic mass is 35.5. The van der Waals surface area contributed by atoms with Crippen LogP contribution in [0, 0.1) is 5.92 Å². The lowest BCUT2D eigenvalue weighted by Crippen LogP contribution is -2.43. The summed E-state index contributed by atoms with van der Waals surface area (Å²) in [6.07, 6.45) is 3.26. The number of carbonyl (C=O) groups is 1. The fourth-order valence-corrected chi connectivity index (χ4v) is 5.00. The summed E-state index contributed by atoms with van der Waals surface area (Å²) in [6, 6.07) is 15.7. The van der Waals surface area contributed by atoms with Crippen molar-refractivity contribution in [1.82, 2.24) is 14.7 Å². The molecule has 1 aromatic heterocycles. The van der Waals surface area contributed by atoms with Crippen LogP contribution < -0.4 is 10.2 Å². The molecule has 1 N–H and O–H groups in total. The summed E-state index contributed by atoms with van der Waals surface area (Å²) in [6.45, 7) is 2.13. The van der Waals surface area contributed by atoms with Gasteiger partial charge in [0, 0.05) is 47.6 Å². The minimum atomic E-state index is -0.0455. The van der Waals surface area contributed by atoms with Gasteiger partial charge < -0.3 is 10.2 Å². The number of amides is 1. The highest BCUT2D eigenvalue weighted by Gasteiger charge is 2.27. The summed E-state index contributed by atoms with van der Waals surface area (Å²) in [5.74, 6) is 0.873. The summed E-state index contributed by atoms with van der Waals surface area (Å²) in [5.41, 5.74) is 2.18. The van der Waals surface area contributed by atoms with Gasteiger partial charge in [0.15, 0.2) is 0 Å². The zero-order valence-corrected chi connectivity index (χ0v) is 19.4. The molecule has 4 rings (SSSR count). The van der Waals surface area contributed by atoms with Gasteiger partial charge in [-0.3, -0.25) is 4.79 Å². The van der Waals surface area contributed by atoms with E-state index < -0.39 is 0 Å². The van der Waals surface area contributed by atoms with Gasteiger partial charge >= 0.3 is 0 Å². The molecule has 1 aliphatic rings. The molecule has 8 heteroatoms. The third-order valence-corrected chi connectivity index (χ3v) is 6.84. The van der Waals surface area contributed by atoms with Gasteiger partial charge in [-0.2, -0.15) is 4.37 Å². The van der Waals surface area contributed by atoms with E-state index in [-0.39, 0.29) is 11.8 Å². The number of hydrogen-bond donors (Lipinski definition) is 1. The Hall–Kier alpha value is -2.15. The second kappa shape index (κ2) is 10.4. The Labute approximate surface area is 196 Å². The van der Waals surface area contributed by atoms with Gasteiger partial charge in [0.2, 0.25) is 11.0 Å². The third kappa shape index (κ3) is 5.97. The summed E-state index contributed by atoms with van der Waals surface area (Å²) in [4.78, 5) is 19.6. The predicted molar refractivity (Wildman–Crippen MR) is 127 cm³/mol. The lowest BCUT2D eigenvalue weighted by Gasteiger charge is -2.31. The van der Waals surface area contributed by atoms with Crippen LogP contribution >= 0.6 is 34.7 Å². The monoisotopic (exact) mass is 474 g/mol. The highest BCUT2D eigenvalue weighted by Crippen LogP contribution is 2.26. The van der Waals surface area contributed by atoms with E-state index in [1.54, 1.807) is 6.07 Å². The number of nitrogens with one attached hydrogen (secondary N) is 1. The molecule has 1 amide bonds. The molecule has 1 aliphatic heterocycles. The number of nitrogens with zero attached hydrogens (tertiary/aromatic N) is 3. The predicted octanol–water partition coefficient (Wildman–Crippen LogP) is 5.01. The Morgan fingerprint density at radius 2 is 2.03 bits per heavy atom. The van der Waals surface area contributed by atoms with E-state index in [4.69, 9.17) is 28.2 Å². The van der Waals surface area contributed by atoms with Crippen LogP contribution in [0.15, 0.2) is 48.5 Å². The van der Waals surface area contributed by atoms with Crippen molar-refractivity contribution in [3.63, 3.8) is 0 Å². The van der Waals surface area contributed by atoms with Crippen LogP contribution in [0.1, 0.15) is 29.8 Å². The second-order valence-corrected chi connectivity index (χ2v) is 9.29. The Balaban J connectivity index is 1.29. The average molecular weight is 475 g/mol. The number of benzene rings is 2. The zero-order chi connectivity index (χ0) is 21.6. The van der Waals surface area contributed by atoms with Gasteiger partial charge in [-0.25, -0.2) is 4.98 Å². The molecule has 0 radical (unpaired) electrons. The van der Waals surface area contributed by atoms with Crippen LogP contribution in [0.25, 0.3) is 0 Å². The molecule has 5 nitrogen and oxygen atoms in total. The first-order valence-corrected chi connectivity index (χ1v) is 11.9. The number of halogens is 2. The molecule has 0 spiro atoms. The van der Waals surface area contributed by atoms with Crippen LogP contribution in [0.3, 0.4) is 0 Å². The molecule has 162 valence electrons. The minimum Gasteiger partial charge on any atom is -0.355 e. The molecule has 31 heavy (non-hydrogen) atoms. The molecule has 1 atom stereocenters. The van der Waals surface area contributed by atoms with Crippen molar-refractivity contribution < 1.29 is 4.79 Å². The van der Waals surface area contributed by atoms with E-state index in [9.17, 15) is 4.79 Å². The zero-order valence-electron chi connectivity index (χ0n) is 17.1. The van der Waals surface area contributed by atoms with Crippen LogP contribution in [-0.4, -0.2) is 34.9 Å². The molecule has 0 bridgehead atoms. The maximum absolute atomic E-state index is 12.7. The van der Waals surface area contributed by atoms with E-state index in [2.05, 4.69) is 26.7 Å². The molecular weight excluding hydrogens is 451 g/mol. The van der Waals surface area contributed by atoms with Crippen molar-refractivity contribution in [2.75, 3.05) is 24.5 Å². The lowest BCUT2D eigenvalue weighted by atomic mass is 9.97. The summed E-state index contributed by atoms with van der Waals surface area (Å²) >= 11 is 13.6. The van der Waals surface area contributed by atoms with E-state index >= 15 is 0 Å². The van der Waals surface area contributed by atoms with Gasteiger partial charge in [-0.05, 0) is 42.5 Å². The Bertz CT molecular complexity index is 1030. The second-order valence-electron chi connectivity index (χ2n) is 7.72. The van der Waals surface area contributed by atoms with Crippen molar-refractivity contribution in [1.29, 1.82) is 0 Å². The van der Waals surface area contributed by atoms with Gasteiger partial charge in [-0.1, -0.05) is 59.6 Å². The van der Waals surface area contributed by atoms with Crippen molar-refractivity contribution in [2.24, 2.45) is 5.92 Å². The fourth-order valence-electron chi connectivity index (χ4n) is 3.78. The number of aromatic nitrogens is 2. The Kier molecular flexibility index (Phi) is 7.43. The van der Waals surface area contributed by atoms with E-state index in [0.717, 1.165) is 42.3 Å². The van der Waals surface area contributed by atoms with Gasteiger partial charge in [0.05, 0.1) is 5.92 Å². The fraction of sp³-hybridized carbons (Fsp3) is 0.348. The van der Waals surface area contributed by atoms with Gasteiger partial charge in [0.1, 0.15) is 5.82 Å². The third-order valence-electron chi connectivity index (χ3n) is 5.43. The molecule has 0 aliphatic carbocycles. The van der Waals surface area contributed by atoms with E-state index in [1.165, 1.54) is 17.1 Å². The standard InChI is InChI=1S/C23H24Cl2N4OS/c24-19-9-8-17(20(25)14-19)10-11-26-22(30)18-7-4-12-29(15-18)23-27-21(28-31-23)13-16-5-2-1-3-6-16/h1-3,5-6,8-9,14,18H,4,7,10-13,15H2,(H,26,30). The molecule has 1 saturated heterocycles. The number of piperidine rings is 1. The lowest BCUT2D eigenvalue weighted by molar-refractivity contribution is -0.125. The van der Waals surface area contributed by atoms with Crippen LogP contribution in [0.5, 0.6) is 0 Å². The average Bonchev–Trinajstić information content (AvgIpc) is 3.24. The minimum absolute atomic E-state index is 0.0455. The normalized spacial score (nSPS) is 16.3. The maximum Gasteiger partial charge on any atom is 0.224 e. The van der Waals surface area contributed by atoms with Crippen molar-refractivity contribution in [3.05, 3.63) is 75.5 Å². The first-order valence-electron chi connectivity index (χ1n) is 10.4. The number of rotatable bonds is 7. The molecule has 2 aromatic carbocycles. The largest absolute Gasteiger partial charge is 0.355 e. The first-order chi connectivity index (χ1) is 15.1. The number of carbonyl (C=O) groups excluding carboxylic acids is 1. The summed E-state index contributed by atoms with van der Waals surface area (Å²) < 4.78 is 4.52. The quantitative estimate of drug-likeness (QED) is 0.522. The number of hydrogen-bond acceptors (Lipinski definition) is 5. The molecule has 2 heterocycles. The van der Waals surface area contributed by atoms with Gasteiger partial charge in [0.25, 0.3) is 0 Å². The smallest absolute Gasteiger partial charge is 0.224 e. The van der Waals surface area contributed by atoms with Crippen molar-refractivity contribution in [3.8, 4) is 0 Å². The van der Waals surface area contributed by atoms with E-state index in [1.807, 2.05) is 30.3 Å². The first kappa shape index (κ1) is 22.1. The summed E-state index contributed by atoms with van der Waals surface area (Å²) in [5, 5.41) is 5.21. The van der Waals surface area contributed by atoms with Crippen LogP contribution in [0.4, 0.5) is 5.13 Å². The Morgan fingerprint density at radius 1 is 1.19 bits per heavy atom. The molecule has 1 fully saturated rings. The van der Waals surface area contributed by atoms with Crippen molar-refractivity contribution in [2.45, 2.75) is 25.7 Å². The van der Waals surface area contributed by atoms with Gasteiger partial charge in [-0.15, -0.1) is 0 Å². The Morgan fingerprint density at radius 3 is 2.84 bits per heavy atom.